The van der Waals surface area contributed by atoms with E-state index in [9.17, 15) is 5.11 Å². The van der Waals surface area contributed by atoms with Crippen molar-refractivity contribution < 1.29 is 5.11 Å². The smallest absolute Gasteiger partial charge is 0.0577 e. The maximum atomic E-state index is 10.2. The zero-order chi connectivity index (χ0) is 20.1. The van der Waals surface area contributed by atoms with Crippen molar-refractivity contribution in [1.29, 1.82) is 0 Å². The summed E-state index contributed by atoms with van der Waals surface area (Å²) in [6.45, 7) is 12.5. The Kier molecular flexibility index (Phi) is 6.04. The van der Waals surface area contributed by atoms with E-state index in [2.05, 4.69) is 52.5 Å². The molecular formula is C26H44OS. The van der Waals surface area contributed by atoms with Gasteiger partial charge in [0.2, 0.25) is 0 Å². The van der Waals surface area contributed by atoms with Crippen LogP contribution >= 0.6 is 11.8 Å². The fourth-order valence-electron chi connectivity index (χ4n) is 8.06. The van der Waals surface area contributed by atoms with E-state index in [0.29, 0.717) is 10.8 Å². The first-order valence-electron chi connectivity index (χ1n) is 12.2. The minimum Gasteiger partial charge on any atom is -0.393 e. The summed E-state index contributed by atoms with van der Waals surface area (Å²) in [5.41, 5.74) is 2.57. The molecule has 0 amide bonds. The minimum atomic E-state index is -0.0793. The first kappa shape index (κ1) is 21.3. The maximum Gasteiger partial charge on any atom is 0.0577 e. The number of allylic oxidation sites excluding steroid dienone is 1. The molecule has 0 aromatic carbocycles. The van der Waals surface area contributed by atoms with Gasteiger partial charge in [0, 0.05) is 5.25 Å². The zero-order valence-corrected chi connectivity index (χ0v) is 19.9. The third-order valence-electron chi connectivity index (χ3n) is 9.79. The summed E-state index contributed by atoms with van der Waals surface area (Å²) in [5.74, 6) is 5.81. The van der Waals surface area contributed by atoms with Crippen LogP contribution in [0.1, 0.15) is 92.4 Å². The van der Waals surface area contributed by atoms with Gasteiger partial charge in [-0.25, -0.2) is 0 Å². The highest BCUT2D eigenvalue weighted by molar-refractivity contribution is 7.99. The van der Waals surface area contributed by atoms with Gasteiger partial charge in [-0.2, -0.15) is 11.8 Å². The maximum absolute atomic E-state index is 10.2. The molecule has 28 heavy (non-hydrogen) atoms. The second-order valence-corrected chi connectivity index (χ2v) is 13.1. The lowest BCUT2D eigenvalue weighted by molar-refractivity contribution is -0.0493. The largest absolute Gasteiger partial charge is 0.393 e. The number of rotatable bonds is 5. The van der Waals surface area contributed by atoms with Gasteiger partial charge in [-0.15, -0.1) is 0 Å². The van der Waals surface area contributed by atoms with Crippen LogP contribution in [0.3, 0.4) is 0 Å². The Morgan fingerprint density at radius 3 is 2.61 bits per heavy atom. The molecule has 0 radical (unpaired) electrons. The standard InChI is InChI=1S/C26H44OS/c1-17(2)12-15-28-18(3)22-8-9-23-21-7-6-19-16-20(27)10-13-25(19,4)24(21)11-14-26(22,23)5/h6,17-18,20-24,27H,7-16H2,1-5H3/t18-,20?,21-,22+,23-,24-,25-,26+/m0/s1. The summed E-state index contributed by atoms with van der Waals surface area (Å²) < 4.78 is 0. The minimum absolute atomic E-state index is 0.0793. The number of fused-ring (bicyclic) bond motifs is 5. The van der Waals surface area contributed by atoms with Crippen LogP contribution in [0, 0.1) is 40.4 Å². The molecule has 1 unspecified atom stereocenters. The molecule has 160 valence electrons. The van der Waals surface area contributed by atoms with Crippen molar-refractivity contribution in [3.63, 3.8) is 0 Å². The van der Waals surface area contributed by atoms with Crippen LogP contribution in [0.4, 0.5) is 0 Å². The zero-order valence-electron chi connectivity index (χ0n) is 19.0. The molecular weight excluding hydrogens is 360 g/mol. The van der Waals surface area contributed by atoms with Crippen molar-refractivity contribution in [2.24, 2.45) is 40.4 Å². The first-order chi connectivity index (χ1) is 13.3. The number of thioether (sulfide) groups is 1. The van der Waals surface area contributed by atoms with Crippen LogP contribution in [0.25, 0.3) is 0 Å². The van der Waals surface area contributed by atoms with Gasteiger partial charge in [0.1, 0.15) is 0 Å². The lowest BCUT2D eigenvalue weighted by atomic mass is 9.47. The third-order valence-corrected chi connectivity index (χ3v) is 11.1. The molecule has 8 atom stereocenters. The molecule has 0 saturated heterocycles. The Hall–Kier alpha value is 0.0500. The summed E-state index contributed by atoms with van der Waals surface area (Å²) in [6.07, 6.45) is 14.2. The lowest BCUT2D eigenvalue weighted by Crippen LogP contribution is -2.51. The van der Waals surface area contributed by atoms with E-state index in [4.69, 9.17) is 0 Å². The number of aliphatic hydroxyl groups excluding tert-OH is 1. The quantitative estimate of drug-likeness (QED) is 0.493. The summed E-state index contributed by atoms with van der Waals surface area (Å²) in [7, 11) is 0. The SMILES string of the molecule is CC(C)CCS[C@@H](C)[C@H]1CC[C@H]2[C@@H]3CC=C4CC(O)CC[C@]4(C)[C@H]3CC[C@]12C. The van der Waals surface area contributed by atoms with Gasteiger partial charge < -0.3 is 5.11 Å². The van der Waals surface area contributed by atoms with Gasteiger partial charge in [0.05, 0.1) is 6.10 Å². The second kappa shape index (κ2) is 7.95. The molecule has 0 bridgehead atoms. The predicted octanol–water partition coefficient (Wildman–Crippen LogP) is 7.09. The molecule has 2 heteroatoms. The van der Waals surface area contributed by atoms with Gasteiger partial charge in [-0.3, -0.25) is 0 Å². The van der Waals surface area contributed by atoms with Crippen molar-refractivity contribution >= 4 is 11.8 Å². The molecule has 4 rings (SSSR count). The fraction of sp³-hybridized carbons (Fsp3) is 0.923. The molecule has 3 fully saturated rings. The van der Waals surface area contributed by atoms with Crippen molar-refractivity contribution in [2.45, 2.75) is 104 Å². The van der Waals surface area contributed by atoms with Crippen molar-refractivity contribution in [1.82, 2.24) is 0 Å². The van der Waals surface area contributed by atoms with Crippen LogP contribution in [-0.2, 0) is 0 Å². The summed E-state index contributed by atoms with van der Waals surface area (Å²) in [4.78, 5) is 0. The van der Waals surface area contributed by atoms with Crippen LogP contribution in [0.2, 0.25) is 0 Å². The van der Waals surface area contributed by atoms with Gasteiger partial charge >= 0.3 is 0 Å². The highest BCUT2D eigenvalue weighted by Gasteiger charge is 2.59. The molecule has 0 aliphatic heterocycles. The van der Waals surface area contributed by atoms with Crippen molar-refractivity contribution in [3.8, 4) is 0 Å². The average molecular weight is 405 g/mol. The first-order valence-corrected chi connectivity index (χ1v) is 13.3. The summed E-state index contributed by atoms with van der Waals surface area (Å²) in [5, 5.41) is 11.0. The number of hydrogen-bond acceptors (Lipinski definition) is 2. The van der Waals surface area contributed by atoms with E-state index >= 15 is 0 Å². The number of hydrogen-bond donors (Lipinski definition) is 1. The van der Waals surface area contributed by atoms with E-state index in [1.807, 2.05) is 0 Å². The van der Waals surface area contributed by atoms with Crippen LogP contribution in [0.5, 0.6) is 0 Å². The molecule has 4 aliphatic carbocycles. The second-order valence-electron chi connectivity index (χ2n) is 11.6. The molecule has 0 heterocycles. The van der Waals surface area contributed by atoms with E-state index < -0.39 is 0 Å². The highest BCUT2D eigenvalue weighted by atomic mass is 32.2. The third kappa shape index (κ3) is 3.53. The lowest BCUT2D eigenvalue weighted by Gasteiger charge is -2.58. The van der Waals surface area contributed by atoms with Crippen molar-refractivity contribution in [3.05, 3.63) is 11.6 Å². The summed E-state index contributed by atoms with van der Waals surface area (Å²) in [6, 6.07) is 0. The molecule has 1 N–H and O–H groups in total. The normalized spacial score (nSPS) is 46.5. The highest BCUT2D eigenvalue weighted by Crippen LogP contribution is 2.67. The molecule has 4 aliphatic rings. The number of aliphatic hydroxyl groups is 1. The molecule has 3 saturated carbocycles. The Bertz CT molecular complexity index is 597. The van der Waals surface area contributed by atoms with E-state index in [0.717, 1.165) is 47.7 Å². The Morgan fingerprint density at radius 2 is 1.86 bits per heavy atom. The van der Waals surface area contributed by atoms with E-state index in [-0.39, 0.29) is 6.10 Å². The Labute approximate surface area is 178 Å². The van der Waals surface area contributed by atoms with Gasteiger partial charge in [-0.1, -0.05) is 46.3 Å². The molecule has 0 spiro atoms. The Balaban J connectivity index is 1.49. The van der Waals surface area contributed by atoms with E-state index in [1.165, 1.54) is 50.7 Å². The molecule has 1 nitrogen and oxygen atoms in total. The van der Waals surface area contributed by atoms with Crippen LogP contribution < -0.4 is 0 Å². The monoisotopic (exact) mass is 404 g/mol. The average Bonchev–Trinajstić information content (AvgIpc) is 2.99. The molecule has 0 aromatic heterocycles. The van der Waals surface area contributed by atoms with Crippen LogP contribution in [0.15, 0.2) is 11.6 Å². The van der Waals surface area contributed by atoms with Gasteiger partial charge in [0.25, 0.3) is 0 Å². The van der Waals surface area contributed by atoms with Crippen molar-refractivity contribution in [2.75, 3.05) is 5.75 Å². The van der Waals surface area contributed by atoms with Gasteiger partial charge in [0.15, 0.2) is 0 Å². The van der Waals surface area contributed by atoms with Crippen LogP contribution in [-0.4, -0.2) is 22.2 Å². The Morgan fingerprint density at radius 1 is 1.07 bits per heavy atom. The topological polar surface area (TPSA) is 20.2 Å². The van der Waals surface area contributed by atoms with E-state index in [1.54, 1.807) is 5.57 Å². The fourth-order valence-corrected chi connectivity index (χ4v) is 9.72. The molecule has 0 aromatic rings. The summed E-state index contributed by atoms with van der Waals surface area (Å²) >= 11 is 2.26. The predicted molar refractivity (Wildman–Crippen MR) is 123 cm³/mol. The van der Waals surface area contributed by atoms with Gasteiger partial charge in [-0.05, 0) is 104 Å².